The van der Waals surface area contributed by atoms with E-state index >= 15 is 0 Å². The van der Waals surface area contributed by atoms with Crippen LogP contribution in [-0.4, -0.2) is 23.8 Å². The predicted octanol–water partition coefficient (Wildman–Crippen LogP) is 3.26. The lowest BCUT2D eigenvalue weighted by molar-refractivity contribution is -0.121. The quantitative estimate of drug-likeness (QED) is 0.830. The van der Waals surface area contributed by atoms with Crippen molar-refractivity contribution < 1.29 is 14.4 Å². The molecule has 0 bridgehead atoms. The van der Waals surface area contributed by atoms with E-state index in [0.29, 0.717) is 23.1 Å². The summed E-state index contributed by atoms with van der Waals surface area (Å²) in [6.07, 6.45) is 1.53. The predicted molar refractivity (Wildman–Crippen MR) is 102 cm³/mol. The highest BCUT2D eigenvalue weighted by Gasteiger charge is 2.42. The maximum absolute atomic E-state index is 12.7. The van der Waals surface area contributed by atoms with E-state index in [1.54, 1.807) is 24.3 Å². The maximum Gasteiger partial charge on any atom is 0.251 e. The lowest BCUT2D eigenvalue weighted by atomic mass is 10.1. The molecule has 2 aliphatic rings. The van der Waals surface area contributed by atoms with Crippen LogP contribution < -0.4 is 10.2 Å². The van der Waals surface area contributed by atoms with Gasteiger partial charge in [0.25, 0.3) is 5.91 Å². The molecule has 1 aliphatic carbocycles. The Morgan fingerprint density at radius 3 is 2.44 bits per heavy atom. The first-order chi connectivity index (χ1) is 13.0. The number of hydrogen-bond donors (Lipinski definition) is 1. The highest BCUT2D eigenvalue weighted by Crippen LogP contribution is 2.49. The summed E-state index contributed by atoms with van der Waals surface area (Å²) in [6, 6.07) is 17.1. The number of hydrogen-bond acceptors (Lipinski definition) is 3. The smallest absolute Gasteiger partial charge is 0.251 e. The molecule has 27 heavy (non-hydrogen) atoms. The monoisotopic (exact) mass is 362 g/mol. The number of nitrogens with zero attached hydrogens (tertiary/aromatic N) is 1. The van der Waals surface area contributed by atoms with Gasteiger partial charge in [0.1, 0.15) is 0 Å². The van der Waals surface area contributed by atoms with Crippen molar-refractivity contribution in [1.29, 1.82) is 0 Å². The van der Waals surface area contributed by atoms with E-state index < -0.39 is 0 Å². The summed E-state index contributed by atoms with van der Waals surface area (Å²) in [5.74, 6) is 0.320. The molecule has 5 heteroatoms. The Morgan fingerprint density at radius 2 is 1.74 bits per heavy atom. The molecule has 3 unspecified atom stereocenters. The van der Waals surface area contributed by atoms with Gasteiger partial charge in [-0.05, 0) is 48.9 Å². The van der Waals surface area contributed by atoms with Gasteiger partial charge in [0, 0.05) is 24.4 Å². The minimum atomic E-state index is -0.213. The fraction of sp³-hybridized carbons (Fsp3) is 0.318. The number of carbonyl (C=O) groups excluding carboxylic acids is 3. The lowest BCUT2D eigenvalue weighted by Crippen LogP contribution is -2.35. The first-order valence-corrected chi connectivity index (χ1v) is 9.36. The van der Waals surface area contributed by atoms with Crippen molar-refractivity contribution in [3.05, 3.63) is 65.7 Å². The molecule has 1 N–H and O–H groups in total. The van der Waals surface area contributed by atoms with E-state index in [2.05, 4.69) is 17.4 Å². The molecule has 2 fully saturated rings. The van der Waals surface area contributed by atoms with Crippen LogP contribution in [0.3, 0.4) is 0 Å². The third-order valence-corrected chi connectivity index (χ3v) is 5.49. The SMILES string of the molecule is CC(NC(=O)c1cccc(N2C(=O)CCC2=O)c1)C1CC1c1ccccc1. The Hall–Kier alpha value is -2.95. The first kappa shape index (κ1) is 17.5. The zero-order chi connectivity index (χ0) is 19.0. The Kier molecular flexibility index (Phi) is 4.52. The van der Waals surface area contributed by atoms with Crippen molar-refractivity contribution in [2.75, 3.05) is 4.90 Å². The molecule has 0 radical (unpaired) electrons. The highest BCUT2D eigenvalue weighted by atomic mass is 16.2. The number of nitrogens with one attached hydrogen (secondary N) is 1. The molecule has 2 aromatic carbocycles. The van der Waals surface area contributed by atoms with E-state index in [1.165, 1.54) is 10.5 Å². The second-order valence-electron chi connectivity index (χ2n) is 7.35. The third kappa shape index (κ3) is 3.50. The van der Waals surface area contributed by atoms with Crippen LogP contribution in [0.1, 0.15) is 48.0 Å². The molecular weight excluding hydrogens is 340 g/mol. The van der Waals surface area contributed by atoms with Gasteiger partial charge in [-0.15, -0.1) is 0 Å². The topological polar surface area (TPSA) is 66.5 Å². The van der Waals surface area contributed by atoms with E-state index in [0.717, 1.165) is 6.42 Å². The van der Waals surface area contributed by atoms with Crippen LogP contribution in [0.5, 0.6) is 0 Å². The molecule has 3 atom stereocenters. The van der Waals surface area contributed by atoms with Gasteiger partial charge in [-0.3, -0.25) is 19.3 Å². The van der Waals surface area contributed by atoms with E-state index in [4.69, 9.17) is 0 Å². The average Bonchev–Trinajstić information content (AvgIpc) is 3.42. The van der Waals surface area contributed by atoms with Gasteiger partial charge in [0.2, 0.25) is 11.8 Å². The summed E-state index contributed by atoms with van der Waals surface area (Å²) in [5.41, 5.74) is 2.25. The Balaban J connectivity index is 1.42. The second kappa shape index (κ2) is 6.99. The number of anilines is 1. The fourth-order valence-electron chi connectivity index (χ4n) is 3.90. The molecule has 1 heterocycles. The van der Waals surface area contributed by atoms with Gasteiger partial charge in [-0.1, -0.05) is 36.4 Å². The van der Waals surface area contributed by atoms with Crippen LogP contribution in [0, 0.1) is 5.92 Å². The van der Waals surface area contributed by atoms with E-state index in [1.807, 2.05) is 25.1 Å². The van der Waals surface area contributed by atoms with Gasteiger partial charge >= 0.3 is 0 Å². The number of imide groups is 1. The molecule has 0 spiro atoms. The summed E-state index contributed by atoms with van der Waals surface area (Å²) in [5, 5.41) is 3.07. The van der Waals surface area contributed by atoms with E-state index in [9.17, 15) is 14.4 Å². The molecule has 3 amide bonds. The van der Waals surface area contributed by atoms with Crippen molar-refractivity contribution in [3.8, 4) is 0 Å². The Labute approximate surface area is 158 Å². The van der Waals surface area contributed by atoms with Gasteiger partial charge < -0.3 is 5.32 Å². The molecule has 1 aliphatic heterocycles. The molecule has 5 nitrogen and oxygen atoms in total. The number of carbonyl (C=O) groups is 3. The Bertz CT molecular complexity index is 877. The first-order valence-electron chi connectivity index (χ1n) is 9.36. The highest BCUT2D eigenvalue weighted by molar-refractivity contribution is 6.20. The Morgan fingerprint density at radius 1 is 1.04 bits per heavy atom. The normalized spacial score (nSPS) is 22.6. The molecule has 1 saturated carbocycles. The zero-order valence-corrected chi connectivity index (χ0v) is 15.2. The largest absolute Gasteiger partial charge is 0.349 e. The molecule has 1 saturated heterocycles. The fourth-order valence-corrected chi connectivity index (χ4v) is 3.90. The van der Waals surface area contributed by atoms with Gasteiger partial charge in [0.05, 0.1) is 5.69 Å². The van der Waals surface area contributed by atoms with Crippen LogP contribution in [0.4, 0.5) is 5.69 Å². The standard InChI is InChI=1S/C22H22N2O3/c1-14(18-13-19(18)15-6-3-2-4-7-15)23-22(27)16-8-5-9-17(12-16)24-20(25)10-11-21(24)26/h2-9,12,14,18-19H,10-11,13H2,1H3,(H,23,27). The summed E-state index contributed by atoms with van der Waals surface area (Å²) < 4.78 is 0. The van der Waals surface area contributed by atoms with Crippen molar-refractivity contribution in [2.45, 2.75) is 38.1 Å². The lowest BCUT2D eigenvalue weighted by Gasteiger charge is -2.17. The molecule has 2 aromatic rings. The van der Waals surface area contributed by atoms with Gasteiger partial charge in [-0.25, -0.2) is 0 Å². The maximum atomic E-state index is 12.7. The van der Waals surface area contributed by atoms with Gasteiger partial charge in [-0.2, -0.15) is 0 Å². The summed E-state index contributed by atoms with van der Waals surface area (Å²) >= 11 is 0. The van der Waals surface area contributed by atoms with Crippen molar-refractivity contribution in [3.63, 3.8) is 0 Å². The molecular formula is C22H22N2O3. The zero-order valence-electron chi connectivity index (χ0n) is 15.2. The van der Waals surface area contributed by atoms with Gasteiger partial charge in [0.15, 0.2) is 0 Å². The third-order valence-electron chi connectivity index (χ3n) is 5.49. The summed E-state index contributed by atoms with van der Waals surface area (Å²) in [7, 11) is 0. The molecule has 4 rings (SSSR count). The number of benzene rings is 2. The molecule has 0 aromatic heterocycles. The minimum absolute atomic E-state index is 0.0569. The summed E-state index contributed by atoms with van der Waals surface area (Å²) in [6.45, 7) is 2.03. The number of rotatable bonds is 5. The van der Waals surface area contributed by atoms with Crippen molar-refractivity contribution in [2.24, 2.45) is 5.92 Å². The van der Waals surface area contributed by atoms with Crippen molar-refractivity contribution >= 4 is 23.4 Å². The summed E-state index contributed by atoms with van der Waals surface area (Å²) in [4.78, 5) is 37.7. The van der Waals surface area contributed by atoms with Crippen LogP contribution in [-0.2, 0) is 9.59 Å². The van der Waals surface area contributed by atoms with Crippen LogP contribution >= 0.6 is 0 Å². The van der Waals surface area contributed by atoms with E-state index in [-0.39, 0.29) is 36.6 Å². The minimum Gasteiger partial charge on any atom is -0.349 e. The van der Waals surface area contributed by atoms with Crippen LogP contribution in [0.2, 0.25) is 0 Å². The molecule has 138 valence electrons. The van der Waals surface area contributed by atoms with Crippen LogP contribution in [0.15, 0.2) is 54.6 Å². The van der Waals surface area contributed by atoms with Crippen molar-refractivity contribution in [1.82, 2.24) is 5.32 Å². The second-order valence-corrected chi connectivity index (χ2v) is 7.35. The number of amides is 3. The average molecular weight is 362 g/mol. The van der Waals surface area contributed by atoms with Crippen LogP contribution in [0.25, 0.3) is 0 Å².